The third-order valence-electron chi connectivity index (χ3n) is 9.49. The summed E-state index contributed by atoms with van der Waals surface area (Å²) in [6.45, 7) is 7.76. The molecule has 46 heavy (non-hydrogen) atoms. The van der Waals surface area contributed by atoms with Crippen LogP contribution in [-0.4, -0.2) is 105 Å². The zero-order chi connectivity index (χ0) is 34.3. The Morgan fingerprint density at radius 2 is 1.72 bits per heavy atom. The van der Waals surface area contributed by atoms with Crippen LogP contribution in [0.1, 0.15) is 64.5 Å². The molecule has 1 aromatic carbocycles. The van der Waals surface area contributed by atoms with Gasteiger partial charge < -0.3 is 44.3 Å². The van der Waals surface area contributed by atoms with Gasteiger partial charge in [-0.2, -0.15) is 0 Å². The van der Waals surface area contributed by atoms with Gasteiger partial charge in [-0.05, 0) is 72.3 Å². The van der Waals surface area contributed by atoms with Gasteiger partial charge >= 0.3 is 23.9 Å². The number of carbonyl (C=O) groups excluding carboxylic acids is 4. The number of esters is 3. The van der Waals surface area contributed by atoms with Crippen LogP contribution in [-0.2, 0) is 43.6 Å². The quantitative estimate of drug-likeness (QED) is 0.197. The molecule has 1 spiro atoms. The summed E-state index contributed by atoms with van der Waals surface area (Å²) in [6.07, 6.45) is -4.83. The third kappa shape index (κ3) is 6.08. The van der Waals surface area contributed by atoms with Gasteiger partial charge in [0, 0.05) is 24.4 Å². The Hall–Kier alpha value is -4.01. The first-order valence-corrected chi connectivity index (χ1v) is 15.1. The number of aromatic hydroxyl groups is 1. The lowest BCUT2D eigenvalue weighted by atomic mass is 9.54. The molecule has 8 atom stereocenters. The number of aliphatic hydroxyl groups excluding tert-OH is 1. The number of carboxylic acids is 1. The van der Waals surface area contributed by atoms with Crippen molar-refractivity contribution < 1.29 is 63.3 Å². The van der Waals surface area contributed by atoms with E-state index in [9.17, 15) is 39.3 Å². The Kier molecular flexibility index (Phi) is 9.86. The van der Waals surface area contributed by atoms with E-state index >= 15 is 0 Å². The van der Waals surface area contributed by atoms with Crippen molar-refractivity contribution in [3.63, 3.8) is 0 Å². The Morgan fingerprint density at radius 1 is 1.07 bits per heavy atom. The van der Waals surface area contributed by atoms with E-state index in [1.54, 1.807) is 12.1 Å². The summed E-state index contributed by atoms with van der Waals surface area (Å²) in [5.41, 5.74) is -1.06. The lowest BCUT2D eigenvalue weighted by Crippen LogP contribution is -2.71. The van der Waals surface area contributed by atoms with Crippen molar-refractivity contribution in [1.82, 2.24) is 4.90 Å². The smallest absolute Gasteiger partial charge is 0.347 e. The predicted molar refractivity (Wildman–Crippen MR) is 158 cm³/mol. The molecule has 4 N–H and O–H groups in total. The predicted octanol–water partition coefficient (Wildman–Crippen LogP) is 1.28. The SMILES string of the molecule is Cc1ccc(O)c2c1[C@]13CCN(C)[C@H](C)[C@]1(O)CC=C(OC(=O)C[C@H](CC(=O)[C@H](C)O)C(=O)O[C@@H](C)C(=O)O[C@@H](C)C(=O)O)[C@@H]3O2. The molecule has 0 amide bonds. The molecule has 14 nitrogen and oxygen atoms in total. The largest absolute Gasteiger partial charge is 0.504 e. The van der Waals surface area contributed by atoms with Gasteiger partial charge in [0.15, 0.2) is 35.6 Å². The number of fused-ring (bicyclic) bond motifs is 1. The molecule has 4 rings (SSSR count). The number of nitrogens with zero attached hydrogens (tertiary/aromatic N) is 1. The highest BCUT2D eigenvalue weighted by atomic mass is 16.6. The molecule has 252 valence electrons. The molecule has 0 radical (unpaired) electrons. The van der Waals surface area contributed by atoms with Crippen molar-refractivity contribution in [1.29, 1.82) is 0 Å². The lowest BCUT2D eigenvalue weighted by molar-refractivity contribution is -0.177. The fourth-order valence-corrected chi connectivity index (χ4v) is 6.67. The van der Waals surface area contributed by atoms with E-state index in [1.807, 2.05) is 25.8 Å². The van der Waals surface area contributed by atoms with E-state index in [0.717, 1.165) is 19.4 Å². The van der Waals surface area contributed by atoms with Crippen LogP contribution in [0.5, 0.6) is 11.5 Å². The van der Waals surface area contributed by atoms with E-state index in [2.05, 4.69) is 0 Å². The zero-order valence-corrected chi connectivity index (χ0v) is 26.6. The van der Waals surface area contributed by atoms with E-state index < -0.39 is 83.9 Å². The summed E-state index contributed by atoms with van der Waals surface area (Å²) in [5.74, 6) is -6.80. The number of ketones is 1. The highest BCUT2D eigenvalue weighted by Crippen LogP contribution is 2.62. The van der Waals surface area contributed by atoms with Crippen molar-refractivity contribution in [2.24, 2.45) is 5.92 Å². The zero-order valence-electron chi connectivity index (χ0n) is 26.6. The fourth-order valence-electron chi connectivity index (χ4n) is 6.67. The minimum Gasteiger partial charge on any atom is -0.504 e. The van der Waals surface area contributed by atoms with E-state index in [1.165, 1.54) is 13.0 Å². The van der Waals surface area contributed by atoms with Crippen LogP contribution >= 0.6 is 0 Å². The van der Waals surface area contributed by atoms with Crippen LogP contribution < -0.4 is 4.74 Å². The number of Topliss-reactive ketones (excluding diaryl/α,β-unsaturated/α-hetero) is 1. The van der Waals surface area contributed by atoms with Crippen LogP contribution in [0.3, 0.4) is 0 Å². The minimum absolute atomic E-state index is 0.0648. The maximum absolute atomic E-state index is 13.4. The molecule has 2 heterocycles. The summed E-state index contributed by atoms with van der Waals surface area (Å²) in [5, 5.41) is 41.8. The number of hydrogen-bond acceptors (Lipinski definition) is 13. The number of likely N-dealkylation sites (N-methyl/N-ethyl adjacent to an activating group) is 1. The average molecular weight is 648 g/mol. The number of phenolic OH excluding ortho intramolecular Hbond substituents is 1. The van der Waals surface area contributed by atoms with Gasteiger partial charge in [-0.3, -0.25) is 14.4 Å². The van der Waals surface area contributed by atoms with Gasteiger partial charge in [0.25, 0.3) is 0 Å². The number of aryl methyl sites for hydroxylation is 1. The van der Waals surface area contributed by atoms with Crippen LogP contribution in [0.4, 0.5) is 0 Å². The van der Waals surface area contributed by atoms with Crippen LogP contribution in [0.2, 0.25) is 0 Å². The number of carbonyl (C=O) groups is 5. The standard InChI is InChI=1S/C32H41NO13/c1-15-7-8-21(35)26-25(15)31-11-12-33(6)19(5)32(31,42)10-9-23(27(31)46-26)45-24(37)14-20(13-22(36)16(2)34)30(41)44-18(4)29(40)43-17(3)28(38)39/h7-9,16-20,27,34-35,42H,10-14H2,1-6H3,(H,38,39)/t16-,17-,18-,19+,20-,27-,31-,32+/m0/s1. The van der Waals surface area contributed by atoms with Gasteiger partial charge in [-0.15, -0.1) is 0 Å². The number of carboxylic acid groups (broad SMARTS) is 1. The summed E-state index contributed by atoms with van der Waals surface area (Å²) in [4.78, 5) is 64.1. The second-order valence-electron chi connectivity index (χ2n) is 12.4. The lowest BCUT2D eigenvalue weighted by Gasteiger charge is -2.58. The number of benzene rings is 1. The second-order valence-corrected chi connectivity index (χ2v) is 12.4. The Balaban J connectivity index is 1.59. The number of hydrogen-bond donors (Lipinski definition) is 4. The molecule has 0 unspecified atom stereocenters. The average Bonchev–Trinajstić information content (AvgIpc) is 3.36. The summed E-state index contributed by atoms with van der Waals surface area (Å²) < 4.78 is 21.9. The van der Waals surface area contributed by atoms with Crippen molar-refractivity contribution in [2.45, 2.75) is 102 Å². The molecule has 3 aliphatic rings. The topological polar surface area (TPSA) is 206 Å². The maximum atomic E-state index is 13.4. The highest BCUT2D eigenvalue weighted by molar-refractivity contribution is 5.90. The number of ether oxygens (including phenoxy) is 4. The molecule has 0 saturated carbocycles. The number of phenols is 1. The van der Waals surface area contributed by atoms with E-state index in [4.69, 9.17) is 24.1 Å². The van der Waals surface area contributed by atoms with Crippen LogP contribution in [0.25, 0.3) is 0 Å². The van der Waals surface area contributed by atoms with Gasteiger partial charge in [0.2, 0.25) is 0 Å². The highest BCUT2D eigenvalue weighted by Gasteiger charge is 2.69. The van der Waals surface area contributed by atoms with E-state index in [-0.39, 0.29) is 29.7 Å². The van der Waals surface area contributed by atoms with Crippen molar-refractivity contribution in [3.8, 4) is 11.5 Å². The molecule has 2 aliphatic heterocycles. The number of piperidine rings is 1. The first-order valence-electron chi connectivity index (χ1n) is 15.1. The molecular weight excluding hydrogens is 606 g/mol. The molecular formula is C32H41NO13. The van der Waals surface area contributed by atoms with Crippen molar-refractivity contribution in [3.05, 3.63) is 35.1 Å². The number of aliphatic carboxylic acids is 1. The summed E-state index contributed by atoms with van der Waals surface area (Å²) >= 11 is 0. The van der Waals surface area contributed by atoms with E-state index in [0.29, 0.717) is 18.5 Å². The Labute approximate surface area is 265 Å². The monoisotopic (exact) mass is 647 g/mol. The Bertz CT molecular complexity index is 1450. The first kappa shape index (κ1) is 34.9. The normalized spacial score (nSPS) is 27.7. The molecule has 1 saturated heterocycles. The number of rotatable bonds is 11. The summed E-state index contributed by atoms with van der Waals surface area (Å²) in [7, 11) is 1.90. The van der Waals surface area contributed by atoms with Crippen LogP contribution in [0, 0.1) is 12.8 Å². The molecule has 1 aromatic rings. The molecule has 1 fully saturated rings. The fraction of sp³-hybridized carbons (Fsp3) is 0.594. The molecule has 14 heteroatoms. The van der Waals surface area contributed by atoms with Gasteiger partial charge in [-0.1, -0.05) is 6.07 Å². The minimum atomic E-state index is -1.57. The maximum Gasteiger partial charge on any atom is 0.347 e. The van der Waals surface area contributed by atoms with Crippen molar-refractivity contribution in [2.75, 3.05) is 13.6 Å². The Morgan fingerprint density at radius 3 is 2.35 bits per heavy atom. The number of likely N-dealkylation sites (tertiary alicyclic amines) is 1. The first-order chi connectivity index (χ1) is 21.4. The molecule has 1 aliphatic carbocycles. The van der Waals surface area contributed by atoms with Gasteiger partial charge in [-0.25, -0.2) is 9.59 Å². The molecule has 0 aromatic heterocycles. The third-order valence-corrected chi connectivity index (χ3v) is 9.49. The van der Waals surface area contributed by atoms with Gasteiger partial charge in [0.05, 0.1) is 23.4 Å². The van der Waals surface area contributed by atoms with Crippen LogP contribution in [0.15, 0.2) is 24.0 Å². The van der Waals surface area contributed by atoms with Crippen molar-refractivity contribution >= 4 is 29.7 Å². The van der Waals surface area contributed by atoms with Gasteiger partial charge in [0.1, 0.15) is 11.9 Å². The number of aliphatic hydroxyl groups is 2. The summed E-state index contributed by atoms with van der Waals surface area (Å²) in [6, 6.07) is 2.88. The molecule has 0 bridgehead atoms. The second kappa shape index (κ2) is 13.0.